The van der Waals surface area contributed by atoms with Crippen LogP contribution in [0.1, 0.15) is 233 Å². The van der Waals surface area contributed by atoms with Crippen LogP contribution in [0.3, 0.4) is 0 Å². The van der Waals surface area contributed by atoms with Crippen LogP contribution in [0.15, 0.2) is 0 Å². The van der Waals surface area contributed by atoms with Crippen LogP contribution >= 0.6 is 7.26 Å². The van der Waals surface area contributed by atoms with Gasteiger partial charge in [0.25, 0.3) is 0 Å². The molecule has 0 bridgehead atoms. The first-order chi connectivity index (χ1) is 23.1. The zero-order chi connectivity index (χ0) is 35.4. The van der Waals surface area contributed by atoms with Gasteiger partial charge in [0.2, 0.25) is 0 Å². The Labute approximate surface area is 298 Å². The van der Waals surface area contributed by atoms with E-state index in [2.05, 4.69) is 39.2 Å². The molecule has 0 atom stereocenters. The summed E-state index contributed by atoms with van der Waals surface area (Å²) in [5.41, 5.74) is 8.31. The summed E-state index contributed by atoms with van der Waals surface area (Å²) in [6, 6.07) is 0. The molecule has 0 unspecified atom stereocenters. The number of hydrogen-bond acceptors (Lipinski definition) is 4. The van der Waals surface area contributed by atoms with Gasteiger partial charge >= 0.3 is 265 Å². The van der Waals surface area contributed by atoms with Gasteiger partial charge in [-0.1, -0.05) is 0 Å². The number of rotatable bonds is 36. The third kappa shape index (κ3) is 45.0. The Bertz CT molecular complexity index is 530. The van der Waals surface area contributed by atoms with Gasteiger partial charge in [-0.25, -0.2) is 0 Å². The minimum absolute atomic E-state index is 1.12. The Kier molecular flexibility index (Phi) is 50.5. The van der Waals surface area contributed by atoms with E-state index < -0.39 is 7.26 Å². The maximum atomic E-state index is 7.10. The van der Waals surface area contributed by atoms with Crippen LogP contribution in [0.2, 0.25) is 0 Å². The molecule has 0 rings (SSSR count). The predicted molar refractivity (Wildman–Crippen MR) is 218 cm³/mol. The summed E-state index contributed by atoms with van der Waals surface area (Å²) < 4.78 is 0. The second-order valence-corrected chi connectivity index (χ2v) is 19.7. The van der Waals surface area contributed by atoms with Crippen molar-refractivity contribution in [2.24, 2.45) is 11.5 Å². The molecular formula is C42H89N4P. The molecular weight excluding hydrogens is 591 g/mol. The topological polar surface area (TPSA) is 99.6 Å². The summed E-state index contributed by atoms with van der Waals surface area (Å²) in [6.07, 6.45) is 56.9. The molecule has 0 radical (unpaired) electrons. The fourth-order valence-electron chi connectivity index (χ4n) is 7.29. The smallest absolute Gasteiger partial charge is 0.173 e. The van der Waals surface area contributed by atoms with E-state index in [9.17, 15) is 0 Å². The van der Waals surface area contributed by atoms with Crippen molar-refractivity contribution in [3.63, 3.8) is 0 Å². The molecule has 0 saturated heterocycles. The summed E-state index contributed by atoms with van der Waals surface area (Å²) in [4.78, 5) is 0. The summed E-state index contributed by atoms with van der Waals surface area (Å²) in [7, 11) is -1.12. The first kappa shape index (κ1) is 50.4. The Hall–Kier alpha value is -0.990. The van der Waals surface area contributed by atoms with Crippen molar-refractivity contribution < 1.29 is 0 Å². The van der Waals surface area contributed by atoms with Gasteiger partial charge in [0.05, 0.1) is 0 Å². The standard InChI is InChI=1S/C40H85P.2CH2N2/c1-5-9-13-17-21-25-29-33-37-41(38-34-30-26-22-18-14-10-6-2,39-35-31-27-23-19-15-11-7-3)40-36-32-28-24-20-16-12-8-4;2*2-1-3/h41H,5-40H2,1-4H3;2*2H2. The van der Waals surface area contributed by atoms with Gasteiger partial charge in [-0.15, -0.1) is 0 Å². The molecule has 0 fully saturated rings. The van der Waals surface area contributed by atoms with Gasteiger partial charge in [0, 0.05) is 0 Å². The Morgan fingerprint density at radius 3 is 0.574 bits per heavy atom. The zero-order valence-corrected chi connectivity index (χ0v) is 34.0. The average molecular weight is 681 g/mol. The van der Waals surface area contributed by atoms with Crippen LogP contribution in [0.4, 0.5) is 0 Å². The third-order valence-corrected chi connectivity index (χ3v) is 15.9. The van der Waals surface area contributed by atoms with E-state index in [1.165, 1.54) is 192 Å². The van der Waals surface area contributed by atoms with E-state index in [4.69, 9.17) is 10.5 Å². The van der Waals surface area contributed by atoms with Crippen molar-refractivity contribution >= 4 is 7.26 Å². The second-order valence-electron chi connectivity index (χ2n) is 14.7. The predicted octanol–water partition coefficient (Wildman–Crippen LogP) is 14.2. The van der Waals surface area contributed by atoms with E-state index in [0.29, 0.717) is 0 Å². The van der Waals surface area contributed by atoms with E-state index >= 15 is 0 Å². The van der Waals surface area contributed by atoms with Crippen molar-refractivity contribution in [3.05, 3.63) is 0 Å². The number of nitrogens with zero attached hydrogens (tertiary/aromatic N) is 2. The third-order valence-electron chi connectivity index (χ3n) is 10.2. The van der Waals surface area contributed by atoms with E-state index in [0.717, 1.165) is 0 Å². The molecule has 0 aliphatic rings. The van der Waals surface area contributed by atoms with Crippen molar-refractivity contribution in [1.82, 2.24) is 0 Å². The van der Waals surface area contributed by atoms with Crippen LogP contribution < -0.4 is 11.5 Å². The van der Waals surface area contributed by atoms with Crippen molar-refractivity contribution in [3.8, 4) is 12.4 Å². The molecule has 4 nitrogen and oxygen atoms in total. The van der Waals surface area contributed by atoms with Gasteiger partial charge in [-0.2, -0.15) is 10.5 Å². The number of nitrogens with two attached hydrogens (primary N) is 2. The van der Waals surface area contributed by atoms with E-state index in [-0.39, 0.29) is 0 Å². The van der Waals surface area contributed by atoms with E-state index in [1.54, 1.807) is 50.3 Å². The first-order valence-electron chi connectivity index (χ1n) is 21.3. The molecule has 4 N–H and O–H groups in total. The summed E-state index contributed by atoms with van der Waals surface area (Å²) in [5, 5.41) is 14.2. The van der Waals surface area contributed by atoms with Gasteiger partial charge in [0.1, 0.15) is 0 Å². The molecule has 0 aliphatic heterocycles. The Morgan fingerprint density at radius 2 is 0.426 bits per heavy atom. The van der Waals surface area contributed by atoms with Crippen LogP contribution in [0.5, 0.6) is 0 Å². The van der Waals surface area contributed by atoms with Crippen LogP contribution in [-0.2, 0) is 0 Å². The molecule has 47 heavy (non-hydrogen) atoms. The molecule has 0 heterocycles. The maximum Gasteiger partial charge on any atom is 0.173 e. The fourth-order valence-corrected chi connectivity index (χ4v) is 12.8. The molecule has 0 aromatic carbocycles. The molecule has 0 saturated carbocycles. The Balaban J connectivity index is -0.00000297. The minimum Gasteiger partial charge on any atom is -0.337 e. The molecule has 282 valence electrons. The summed E-state index contributed by atoms with van der Waals surface area (Å²) in [6.45, 7) is 9.37. The van der Waals surface area contributed by atoms with Crippen molar-refractivity contribution in [2.45, 2.75) is 233 Å². The number of unbranched alkanes of at least 4 members (excludes halogenated alkanes) is 28. The maximum absolute atomic E-state index is 7.10. The fraction of sp³-hybridized carbons (Fsp3) is 0.952. The summed E-state index contributed by atoms with van der Waals surface area (Å²) >= 11 is 0. The molecule has 0 spiro atoms. The van der Waals surface area contributed by atoms with Crippen LogP contribution in [0, 0.1) is 22.9 Å². The zero-order valence-electron chi connectivity index (χ0n) is 33.0. The first-order valence-corrected chi connectivity index (χ1v) is 24.1. The SMILES string of the molecule is CCCCCCCCCC[PH](CCCCCCCCCC)(CCCCCCCCCC)CCCCCCCCCC.N#CN.N#CN. The summed E-state index contributed by atoms with van der Waals surface area (Å²) in [5.74, 6) is 0. The molecule has 5 heteroatoms. The number of nitriles is 2. The van der Waals surface area contributed by atoms with Gasteiger partial charge in [-0.3, -0.25) is 0 Å². The molecule has 0 amide bonds. The van der Waals surface area contributed by atoms with Crippen molar-refractivity contribution in [2.75, 3.05) is 24.6 Å². The minimum atomic E-state index is -1.12. The van der Waals surface area contributed by atoms with E-state index in [1.807, 2.05) is 0 Å². The van der Waals surface area contributed by atoms with Crippen molar-refractivity contribution in [1.29, 1.82) is 10.5 Å². The normalized spacial score (nSPS) is 11.1. The van der Waals surface area contributed by atoms with Crippen LogP contribution in [-0.4, -0.2) is 24.6 Å². The number of hydrogen-bond donors (Lipinski definition) is 2. The monoisotopic (exact) mass is 681 g/mol. The average Bonchev–Trinajstić information content (AvgIpc) is 3.06. The Morgan fingerprint density at radius 1 is 0.298 bits per heavy atom. The molecule has 0 aromatic rings. The largest absolute Gasteiger partial charge is 0.337 e. The van der Waals surface area contributed by atoms with Crippen LogP contribution in [0.25, 0.3) is 0 Å². The van der Waals surface area contributed by atoms with Gasteiger partial charge < -0.3 is 11.5 Å². The van der Waals surface area contributed by atoms with Gasteiger partial charge in [-0.05, 0) is 0 Å². The second kappa shape index (κ2) is 47.1. The molecule has 0 aliphatic carbocycles. The molecule has 0 aromatic heterocycles. The van der Waals surface area contributed by atoms with Gasteiger partial charge in [0.15, 0.2) is 12.4 Å². The quantitative estimate of drug-likeness (QED) is 0.0298.